The summed E-state index contributed by atoms with van der Waals surface area (Å²) in [5, 5.41) is 9.46. The molecule has 0 bridgehead atoms. The van der Waals surface area contributed by atoms with Gasteiger partial charge < -0.3 is 9.53 Å². The van der Waals surface area contributed by atoms with Gasteiger partial charge in [-0.3, -0.25) is 9.69 Å². The van der Waals surface area contributed by atoms with Gasteiger partial charge in [-0.05, 0) is 32.4 Å². The van der Waals surface area contributed by atoms with Crippen LogP contribution in [0.15, 0.2) is 10.6 Å². The number of carbonyl (C=O) groups excluding carboxylic acids is 1. The van der Waals surface area contributed by atoms with Gasteiger partial charge in [-0.1, -0.05) is 58.3 Å². The second-order valence-electron chi connectivity index (χ2n) is 7.91. The average molecular weight is 469 g/mol. The third-order valence-corrected chi connectivity index (χ3v) is 9.52. The van der Waals surface area contributed by atoms with Crippen LogP contribution in [0.2, 0.25) is 13.1 Å². The molecule has 9 heteroatoms. The van der Waals surface area contributed by atoms with E-state index in [0.29, 0.717) is 4.91 Å². The van der Waals surface area contributed by atoms with Crippen LogP contribution in [0.3, 0.4) is 0 Å². The number of amides is 1. The normalized spacial score (nSPS) is 27.7. The quantitative estimate of drug-likeness (QED) is 0.284. The fourth-order valence-corrected chi connectivity index (χ4v) is 8.83. The first-order chi connectivity index (χ1) is 11.3. The topological polar surface area (TPSA) is 66.8 Å². The number of hydrogen-bond acceptors (Lipinski definition) is 5. The summed E-state index contributed by atoms with van der Waals surface area (Å²) in [6.45, 7) is 14.3. The number of rotatable bonds is 5. The van der Waals surface area contributed by atoms with Gasteiger partial charge in [-0.15, -0.1) is 0 Å². The Bertz CT molecular complexity index is 620. The zero-order chi connectivity index (χ0) is 19.3. The van der Waals surface area contributed by atoms with Crippen molar-refractivity contribution in [1.82, 2.24) is 4.90 Å². The van der Waals surface area contributed by atoms with E-state index >= 15 is 0 Å². The molecular formula is C16H26BrNO4S2Si. The van der Waals surface area contributed by atoms with Crippen LogP contribution in [0, 0.1) is 11.3 Å². The monoisotopic (exact) mass is 467 g/mol. The van der Waals surface area contributed by atoms with Crippen LogP contribution in [0.4, 0.5) is 0 Å². The third kappa shape index (κ3) is 3.59. The summed E-state index contributed by atoms with van der Waals surface area (Å²) >= 11 is 3.44. The zero-order valence-electron chi connectivity index (χ0n) is 15.6. The van der Waals surface area contributed by atoms with Crippen LogP contribution >= 0.6 is 37.5 Å². The van der Waals surface area contributed by atoms with Gasteiger partial charge in [0.05, 0.1) is 11.5 Å². The Balaban J connectivity index is 2.45. The van der Waals surface area contributed by atoms with Gasteiger partial charge in [0, 0.05) is 9.73 Å². The van der Waals surface area contributed by atoms with Crippen LogP contribution in [0.25, 0.3) is 0 Å². The molecule has 0 aromatic rings. The lowest BCUT2D eigenvalue weighted by Gasteiger charge is -2.59. The molecule has 142 valence electrons. The van der Waals surface area contributed by atoms with Crippen molar-refractivity contribution >= 4 is 58.4 Å². The lowest BCUT2D eigenvalue weighted by Crippen LogP contribution is -2.71. The predicted octanol–water partition coefficient (Wildman–Crippen LogP) is 4.05. The highest BCUT2D eigenvalue weighted by atomic mass is 79.9. The second kappa shape index (κ2) is 7.22. The minimum atomic E-state index is -1.40. The average Bonchev–Trinajstić information content (AvgIpc) is 2.43. The largest absolute Gasteiger partial charge is 0.477 e. The number of carboxylic acid groups (broad SMARTS) is 1. The summed E-state index contributed by atoms with van der Waals surface area (Å²) in [6.07, 6.45) is 0. The van der Waals surface area contributed by atoms with Gasteiger partial charge in [0.1, 0.15) is 11.1 Å². The number of carbonyl (C=O) groups is 2. The number of allylic oxidation sites excluding steroid dienone is 1. The first-order valence-electron chi connectivity index (χ1n) is 8.28. The van der Waals surface area contributed by atoms with Crippen LogP contribution < -0.4 is 0 Å². The van der Waals surface area contributed by atoms with Crippen LogP contribution in [0.5, 0.6) is 0 Å². The van der Waals surface area contributed by atoms with Gasteiger partial charge in [0.2, 0.25) is 5.91 Å². The number of nitrogens with zero attached hydrogens (tertiary/aromatic N) is 1. The smallest absolute Gasteiger partial charge is 0.353 e. The highest BCUT2D eigenvalue weighted by Crippen LogP contribution is 2.59. The molecule has 0 aliphatic carbocycles. The number of hydrogen-bond donors (Lipinski definition) is 1. The number of aliphatic carboxylic acids is 1. The first kappa shape index (κ1) is 21.3. The van der Waals surface area contributed by atoms with E-state index in [-0.39, 0.29) is 33.1 Å². The molecule has 0 aromatic heterocycles. The Morgan fingerprint density at radius 2 is 1.92 bits per heavy atom. The molecule has 4 atom stereocenters. The lowest BCUT2D eigenvalue weighted by molar-refractivity contribution is -0.174. The van der Waals surface area contributed by atoms with Gasteiger partial charge in [-0.2, -0.15) is 0 Å². The zero-order valence-corrected chi connectivity index (χ0v) is 20.0. The SMILES string of the molecule is CC(Br)C1=C(C(=O)O)N2C(=O)[C@H](C(C)(O[SiH](C)C)C(C)(C)C)[C@H]2SS1. The van der Waals surface area contributed by atoms with E-state index in [1.54, 1.807) is 10.8 Å². The maximum Gasteiger partial charge on any atom is 0.353 e. The molecule has 2 aliphatic rings. The Morgan fingerprint density at radius 3 is 2.32 bits per heavy atom. The Morgan fingerprint density at radius 1 is 1.36 bits per heavy atom. The van der Waals surface area contributed by atoms with Crippen molar-refractivity contribution in [2.75, 3.05) is 0 Å². The molecule has 5 nitrogen and oxygen atoms in total. The number of fused-ring (bicyclic) bond motifs is 1. The molecule has 25 heavy (non-hydrogen) atoms. The molecule has 1 N–H and O–H groups in total. The number of halogens is 1. The van der Waals surface area contributed by atoms with Crippen molar-refractivity contribution in [1.29, 1.82) is 0 Å². The van der Waals surface area contributed by atoms with Crippen molar-refractivity contribution in [3.8, 4) is 0 Å². The van der Waals surface area contributed by atoms with Crippen molar-refractivity contribution in [3.63, 3.8) is 0 Å². The van der Waals surface area contributed by atoms with E-state index in [1.165, 1.54) is 15.7 Å². The molecule has 1 fully saturated rings. The molecule has 2 heterocycles. The fraction of sp³-hybridized carbons (Fsp3) is 0.750. The maximum atomic E-state index is 13.1. The molecule has 1 amide bonds. The summed E-state index contributed by atoms with van der Waals surface area (Å²) in [6, 6.07) is 0. The molecule has 0 aromatic carbocycles. The minimum Gasteiger partial charge on any atom is -0.477 e. The Hall–Kier alpha value is 0.0369. The molecule has 0 radical (unpaired) electrons. The van der Waals surface area contributed by atoms with Gasteiger partial charge in [0.15, 0.2) is 9.04 Å². The van der Waals surface area contributed by atoms with E-state index < -0.39 is 20.6 Å². The number of β-lactam (4-membered cyclic amide) rings is 1. The van der Waals surface area contributed by atoms with E-state index in [4.69, 9.17) is 4.43 Å². The molecular weight excluding hydrogens is 442 g/mol. The van der Waals surface area contributed by atoms with Crippen molar-refractivity contribution in [2.45, 2.75) is 63.5 Å². The van der Waals surface area contributed by atoms with Crippen molar-refractivity contribution < 1.29 is 19.1 Å². The van der Waals surface area contributed by atoms with Crippen molar-refractivity contribution in [3.05, 3.63) is 10.6 Å². The molecule has 0 saturated carbocycles. The van der Waals surface area contributed by atoms with Crippen LogP contribution in [-0.2, 0) is 14.0 Å². The van der Waals surface area contributed by atoms with E-state index in [1.807, 2.05) is 13.8 Å². The van der Waals surface area contributed by atoms with E-state index in [9.17, 15) is 14.7 Å². The minimum absolute atomic E-state index is 0.109. The van der Waals surface area contributed by atoms with Crippen molar-refractivity contribution in [2.24, 2.45) is 11.3 Å². The standard InChI is InChI=1S/C16H26BrNO4S2Si/c1-8(17)11-10(14(20)21)18-12(19)9(13(18)24-23-11)16(5,15(2,3)4)22-25(6)7/h8-9,13,25H,1-7H3,(H,20,21)/t8?,9-,13+,16?/m0/s1. The maximum absolute atomic E-state index is 13.1. The Kier molecular flexibility index (Phi) is 6.16. The summed E-state index contributed by atoms with van der Waals surface area (Å²) in [5.41, 5.74) is -0.754. The molecule has 2 aliphatic heterocycles. The predicted molar refractivity (Wildman–Crippen MR) is 110 cm³/mol. The molecule has 1 saturated heterocycles. The number of alkyl halides is 1. The van der Waals surface area contributed by atoms with Gasteiger partial charge >= 0.3 is 5.97 Å². The van der Waals surface area contributed by atoms with Gasteiger partial charge in [0.25, 0.3) is 0 Å². The third-order valence-electron chi connectivity index (χ3n) is 4.88. The second-order valence-corrected chi connectivity index (χ2v) is 14.0. The first-order valence-corrected chi connectivity index (χ1v) is 14.2. The molecule has 2 unspecified atom stereocenters. The Labute approximate surface area is 167 Å². The van der Waals surface area contributed by atoms with Crippen LogP contribution in [-0.4, -0.2) is 46.7 Å². The fourth-order valence-electron chi connectivity index (χ4n) is 3.24. The van der Waals surface area contributed by atoms with E-state index in [2.05, 4.69) is 49.8 Å². The molecule has 0 spiro atoms. The summed E-state index contributed by atoms with van der Waals surface area (Å²) in [5.74, 6) is -1.54. The highest BCUT2D eigenvalue weighted by molar-refractivity contribution is 9.09. The number of carboxylic acids is 1. The van der Waals surface area contributed by atoms with Crippen LogP contribution in [0.1, 0.15) is 34.6 Å². The highest BCUT2D eigenvalue weighted by Gasteiger charge is 2.64. The summed E-state index contributed by atoms with van der Waals surface area (Å²) < 4.78 is 6.39. The summed E-state index contributed by atoms with van der Waals surface area (Å²) in [7, 11) is 1.62. The summed E-state index contributed by atoms with van der Waals surface area (Å²) in [4.78, 5) is 26.9. The van der Waals surface area contributed by atoms with E-state index in [0.717, 1.165) is 0 Å². The van der Waals surface area contributed by atoms with Gasteiger partial charge in [-0.25, -0.2) is 4.79 Å². The lowest BCUT2D eigenvalue weighted by atomic mass is 9.66. The molecule has 2 rings (SSSR count).